The minimum atomic E-state index is -0.0565. The van der Waals surface area contributed by atoms with E-state index in [9.17, 15) is 4.79 Å². The minimum absolute atomic E-state index is 0.0565. The molecule has 2 aromatic rings. The lowest BCUT2D eigenvalue weighted by Crippen LogP contribution is -2.44. The van der Waals surface area contributed by atoms with Gasteiger partial charge in [-0.1, -0.05) is 24.3 Å². The smallest absolute Gasteiger partial charge is 0.227 e. The normalized spacial score (nSPS) is 18.2. The van der Waals surface area contributed by atoms with E-state index < -0.39 is 0 Å². The van der Waals surface area contributed by atoms with Crippen molar-refractivity contribution in [2.45, 2.75) is 33.2 Å². The number of hydrogen-bond donors (Lipinski definition) is 1. The average molecular weight is 313 g/mol. The minimum Gasteiger partial charge on any atom is -0.377 e. The van der Waals surface area contributed by atoms with E-state index in [4.69, 9.17) is 4.74 Å². The van der Waals surface area contributed by atoms with Crippen LogP contribution in [0.1, 0.15) is 34.1 Å². The van der Waals surface area contributed by atoms with Crippen LogP contribution in [-0.2, 0) is 16.0 Å². The maximum absolute atomic E-state index is 12.9. The molecule has 3 rings (SSSR count). The van der Waals surface area contributed by atoms with E-state index in [0.29, 0.717) is 26.2 Å². The van der Waals surface area contributed by atoms with Crippen molar-refractivity contribution >= 4 is 5.91 Å². The van der Waals surface area contributed by atoms with E-state index in [1.165, 1.54) is 0 Å². The van der Waals surface area contributed by atoms with Crippen LogP contribution >= 0.6 is 0 Å². The number of morpholine rings is 1. The molecular weight excluding hydrogens is 290 g/mol. The number of ether oxygens (including phenoxy) is 1. The molecule has 0 aliphatic carbocycles. The summed E-state index contributed by atoms with van der Waals surface area (Å²) in [7, 11) is 0. The number of carbonyl (C=O) groups is 1. The van der Waals surface area contributed by atoms with Crippen molar-refractivity contribution in [1.82, 2.24) is 15.1 Å². The van der Waals surface area contributed by atoms with E-state index in [0.717, 1.165) is 28.1 Å². The molecule has 1 aromatic carbocycles. The molecule has 122 valence electrons. The summed E-state index contributed by atoms with van der Waals surface area (Å²) in [5.41, 5.74) is 5.27. The maximum atomic E-state index is 12.9. The summed E-state index contributed by atoms with van der Waals surface area (Å²) in [6.45, 7) is 7.75. The van der Waals surface area contributed by atoms with Crippen molar-refractivity contribution in [1.29, 1.82) is 0 Å². The van der Waals surface area contributed by atoms with Crippen LogP contribution in [0.25, 0.3) is 0 Å². The van der Waals surface area contributed by atoms with E-state index in [1.54, 1.807) is 0 Å². The zero-order valence-corrected chi connectivity index (χ0v) is 13.9. The number of aromatic nitrogens is 2. The van der Waals surface area contributed by atoms with Crippen molar-refractivity contribution < 1.29 is 9.53 Å². The molecule has 1 aliphatic heterocycles. The first kappa shape index (κ1) is 15.7. The fourth-order valence-corrected chi connectivity index (χ4v) is 3.26. The van der Waals surface area contributed by atoms with E-state index in [1.807, 2.05) is 49.9 Å². The van der Waals surface area contributed by atoms with Crippen molar-refractivity contribution in [3.8, 4) is 0 Å². The van der Waals surface area contributed by atoms with Crippen molar-refractivity contribution in [2.24, 2.45) is 0 Å². The van der Waals surface area contributed by atoms with E-state index in [-0.39, 0.29) is 11.9 Å². The Bertz CT molecular complexity index is 689. The molecular formula is C18H23N3O2. The number of benzene rings is 1. The Labute approximate surface area is 136 Å². The Morgan fingerprint density at radius 1 is 1.35 bits per heavy atom. The molecule has 0 spiro atoms. The topological polar surface area (TPSA) is 58.2 Å². The first-order valence-corrected chi connectivity index (χ1v) is 8.01. The Kier molecular flexibility index (Phi) is 4.48. The summed E-state index contributed by atoms with van der Waals surface area (Å²) >= 11 is 0. The number of H-pyrrole nitrogens is 1. The van der Waals surface area contributed by atoms with Gasteiger partial charge in [-0.05, 0) is 31.9 Å². The largest absolute Gasteiger partial charge is 0.377 e. The molecule has 1 amide bonds. The molecule has 5 heteroatoms. The number of rotatable bonds is 3. The molecule has 0 unspecified atom stereocenters. The Balaban J connectivity index is 1.84. The monoisotopic (exact) mass is 313 g/mol. The first-order valence-electron chi connectivity index (χ1n) is 8.01. The van der Waals surface area contributed by atoms with Crippen LogP contribution in [0.2, 0.25) is 0 Å². The Morgan fingerprint density at radius 3 is 2.83 bits per heavy atom. The summed E-state index contributed by atoms with van der Waals surface area (Å²) in [5, 5.41) is 7.27. The summed E-state index contributed by atoms with van der Waals surface area (Å²) in [6.07, 6.45) is 0.430. The number of amides is 1. The second-order valence-electron chi connectivity index (χ2n) is 6.13. The molecule has 1 fully saturated rings. The van der Waals surface area contributed by atoms with Gasteiger partial charge in [-0.3, -0.25) is 9.89 Å². The zero-order valence-electron chi connectivity index (χ0n) is 13.9. The molecule has 1 aliphatic rings. The number of carbonyl (C=O) groups excluding carboxylic acids is 1. The van der Waals surface area contributed by atoms with Crippen LogP contribution in [0.3, 0.4) is 0 Å². The van der Waals surface area contributed by atoms with Gasteiger partial charge in [0.1, 0.15) is 0 Å². The van der Waals surface area contributed by atoms with E-state index >= 15 is 0 Å². The lowest BCUT2D eigenvalue weighted by Gasteiger charge is -2.36. The highest BCUT2D eigenvalue weighted by Gasteiger charge is 2.31. The number of nitrogens with zero attached hydrogens (tertiary/aromatic N) is 2. The molecule has 0 radical (unpaired) electrons. The van der Waals surface area contributed by atoms with Crippen molar-refractivity contribution in [3.63, 3.8) is 0 Å². The summed E-state index contributed by atoms with van der Waals surface area (Å²) in [4.78, 5) is 14.8. The molecule has 0 bridgehead atoms. The van der Waals surface area contributed by atoms with Gasteiger partial charge in [0.2, 0.25) is 5.91 Å². The van der Waals surface area contributed by atoms with Crippen molar-refractivity contribution in [3.05, 3.63) is 52.3 Å². The van der Waals surface area contributed by atoms with Gasteiger partial charge in [-0.2, -0.15) is 5.10 Å². The van der Waals surface area contributed by atoms with Crippen LogP contribution in [0.15, 0.2) is 24.3 Å². The Hall–Kier alpha value is -2.14. The molecule has 0 saturated carbocycles. The molecule has 2 heterocycles. The van der Waals surface area contributed by atoms with Gasteiger partial charge in [0.25, 0.3) is 0 Å². The highest BCUT2D eigenvalue weighted by atomic mass is 16.5. The fraction of sp³-hybridized carbons (Fsp3) is 0.444. The van der Waals surface area contributed by atoms with Crippen LogP contribution in [0, 0.1) is 20.8 Å². The van der Waals surface area contributed by atoms with Gasteiger partial charge in [0, 0.05) is 17.8 Å². The molecule has 1 aromatic heterocycles. The summed E-state index contributed by atoms with van der Waals surface area (Å²) in [5.74, 6) is 0.146. The summed E-state index contributed by atoms with van der Waals surface area (Å²) < 4.78 is 5.63. The third-order valence-corrected chi connectivity index (χ3v) is 4.57. The predicted octanol–water partition coefficient (Wildman–Crippen LogP) is 2.48. The lowest BCUT2D eigenvalue weighted by molar-refractivity contribution is -0.139. The summed E-state index contributed by atoms with van der Waals surface area (Å²) in [6, 6.07) is 8.00. The van der Waals surface area contributed by atoms with E-state index in [2.05, 4.69) is 10.2 Å². The van der Waals surface area contributed by atoms with Crippen molar-refractivity contribution in [2.75, 3.05) is 19.8 Å². The number of aryl methyl sites for hydroxylation is 3. The zero-order chi connectivity index (χ0) is 16.4. The third kappa shape index (κ3) is 3.15. The standard InChI is InChI=1S/C18H23N3O2/c1-12-6-4-5-7-15(12)10-17(22)21-8-9-23-11-16(21)18-13(2)19-20-14(18)3/h4-7,16H,8-11H2,1-3H3,(H,19,20)/t16-/m0/s1. The van der Waals surface area contributed by atoms with Gasteiger partial charge >= 0.3 is 0 Å². The second-order valence-corrected chi connectivity index (χ2v) is 6.13. The molecule has 5 nitrogen and oxygen atoms in total. The molecule has 1 N–H and O–H groups in total. The molecule has 1 saturated heterocycles. The van der Waals surface area contributed by atoms with Gasteiger partial charge in [-0.25, -0.2) is 0 Å². The lowest BCUT2D eigenvalue weighted by atomic mass is 10.0. The maximum Gasteiger partial charge on any atom is 0.227 e. The fourth-order valence-electron chi connectivity index (χ4n) is 3.26. The third-order valence-electron chi connectivity index (χ3n) is 4.57. The predicted molar refractivity (Wildman–Crippen MR) is 88.2 cm³/mol. The molecule has 1 atom stereocenters. The first-order chi connectivity index (χ1) is 11.1. The van der Waals surface area contributed by atoms with Gasteiger partial charge in [0.15, 0.2) is 0 Å². The highest BCUT2D eigenvalue weighted by Crippen LogP contribution is 2.29. The van der Waals surface area contributed by atoms with Gasteiger partial charge < -0.3 is 9.64 Å². The van der Waals surface area contributed by atoms with Crippen LogP contribution in [-0.4, -0.2) is 40.8 Å². The SMILES string of the molecule is Cc1ccccc1CC(=O)N1CCOC[C@H]1c1c(C)n[nH]c1C. The Morgan fingerprint density at radius 2 is 2.13 bits per heavy atom. The quantitative estimate of drug-likeness (QED) is 0.947. The van der Waals surface area contributed by atoms with Gasteiger partial charge in [-0.15, -0.1) is 0 Å². The van der Waals surface area contributed by atoms with Gasteiger partial charge in [0.05, 0.1) is 31.4 Å². The number of nitrogens with one attached hydrogen (secondary N) is 1. The number of hydrogen-bond acceptors (Lipinski definition) is 3. The highest BCUT2D eigenvalue weighted by molar-refractivity contribution is 5.79. The number of aromatic amines is 1. The molecule has 23 heavy (non-hydrogen) atoms. The van der Waals surface area contributed by atoms with Crippen LogP contribution in [0.4, 0.5) is 0 Å². The van der Waals surface area contributed by atoms with Crippen LogP contribution < -0.4 is 0 Å². The second kappa shape index (κ2) is 6.54. The van der Waals surface area contributed by atoms with Crippen LogP contribution in [0.5, 0.6) is 0 Å². The average Bonchev–Trinajstić information content (AvgIpc) is 2.88.